The number of hydrogen-bond acceptors (Lipinski definition) is 2. The molecule has 1 heterocycles. The fourth-order valence-electron chi connectivity index (χ4n) is 1.28. The molecule has 1 fully saturated rings. The summed E-state index contributed by atoms with van der Waals surface area (Å²) in [6.45, 7) is 3.45. The fourth-order valence-corrected chi connectivity index (χ4v) is 1.28. The van der Waals surface area contributed by atoms with Gasteiger partial charge in [0.1, 0.15) is 6.11 Å². The van der Waals surface area contributed by atoms with Gasteiger partial charge in [0.2, 0.25) is 0 Å². The van der Waals surface area contributed by atoms with E-state index in [1.54, 1.807) is 0 Å². The average molecular weight is 139 g/mol. The normalized spacial score (nSPS) is 18.4. The molecule has 0 bridgehead atoms. The molecule has 0 amide bonds. The van der Waals surface area contributed by atoms with Crippen molar-refractivity contribution >= 4 is 0 Å². The van der Waals surface area contributed by atoms with Crippen molar-refractivity contribution in [1.29, 1.82) is 0 Å². The topological polar surface area (TPSA) is 23.5 Å². The Kier molecular flexibility index (Phi) is 3.11. The van der Waals surface area contributed by atoms with Gasteiger partial charge in [0.25, 0.3) is 0 Å². The zero-order valence-corrected chi connectivity index (χ0v) is 6.14. The maximum Gasteiger partial charge on any atom is 0.107 e. The quantitative estimate of drug-likeness (QED) is 0.572. The molecule has 1 rings (SSSR count). The first-order chi connectivity index (χ1) is 4.93. The summed E-state index contributed by atoms with van der Waals surface area (Å²) in [6.07, 6.45) is 5.37. The maximum atomic E-state index is 8.16. The molecule has 0 aromatic carbocycles. The summed E-state index contributed by atoms with van der Waals surface area (Å²) in [4.78, 5) is 2.38. The van der Waals surface area contributed by atoms with E-state index in [1.807, 2.05) is 6.11 Å². The summed E-state index contributed by atoms with van der Waals surface area (Å²) in [5, 5.41) is 8.16. The molecule has 2 heteroatoms. The molecule has 1 N–H and O–H groups in total. The highest BCUT2D eigenvalue weighted by Gasteiger charge is 2.09. The third-order valence-electron chi connectivity index (χ3n) is 1.83. The van der Waals surface area contributed by atoms with Crippen LogP contribution in [0.25, 0.3) is 0 Å². The molecule has 1 saturated heterocycles. The number of rotatable bonds is 2. The lowest BCUT2D eigenvalue weighted by Crippen LogP contribution is -2.19. The van der Waals surface area contributed by atoms with Gasteiger partial charge < -0.3 is 10.0 Å². The Bertz CT molecular complexity index is 139. The molecule has 56 valence electrons. The van der Waals surface area contributed by atoms with Gasteiger partial charge in [-0.2, -0.15) is 0 Å². The van der Waals surface area contributed by atoms with Crippen molar-refractivity contribution in [2.24, 2.45) is 0 Å². The SMILES string of the molecule is OC#CCCN1CCCC1. The molecule has 0 aromatic heterocycles. The minimum atomic E-state index is 0.802. The largest absolute Gasteiger partial charge is 0.462 e. The molecule has 2 nitrogen and oxygen atoms in total. The second kappa shape index (κ2) is 4.19. The smallest absolute Gasteiger partial charge is 0.107 e. The highest BCUT2D eigenvalue weighted by molar-refractivity contribution is 4.90. The van der Waals surface area contributed by atoms with Gasteiger partial charge in [0.15, 0.2) is 0 Å². The number of nitrogens with zero attached hydrogens (tertiary/aromatic N) is 1. The Balaban J connectivity index is 2.05. The van der Waals surface area contributed by atoms with Gasteiger partial charge in [-0.15, -0.1) is 0 Å². The van der Waals surface area contributed by atoms with Gasteiger partial charge in [0.05, 0.1) is 0 Å². The van der Waals surface area contributed by atoms with E-state index in [0.717, 1.165) is 13.0 Å². The van der Waals surface area contributed by atoms with Crippen molar-refractivity contribution in [2.75, 3.05) is 19.6 Å². The van der Waals surface area contributed by atoms with Crippen LogP contribution in [-0.2, 0) is 0 Å². The molecular weight excluding hydrogens is 126 g/mol. The predicted octanol–water partition coefficient (Wildman–Crippen LogP) is 0.806. The van der Waals surface area contributed by atoms with E-state index in [-0.39, 0.29) is 0 Å². The molecule has 0 aliphatic carbocycles. The van der Waals surface area contributed by atoms with Crippen LogP contribution in [0.3, 0.4) is 0 Å². The van der Waals surface area contributed by atoms with Crippen LogP contribution in [0.1, 0.15) is 19.3 Å². The Morgan fingerprint density at radius 1 is 1.30 bits per heavy atom. The van der Waals surface area contributed by atoms with E-state index in [2.05, 4.69) is 10.8 Å². The number of aliphatic hydroxyl groups is 1. The van der Waals surface area contributed by atoms with E-state index in [0.29, 0.717) is 0 Å². The minimum Gasteiger partial charge on any atom is -0.462 e. The van der Waals surface area contributed by atoms with Crippen molar-refractivity contribution in [3.8, 4) is 12.0 Å². The fraction of sp³-hybridized carbons (Fsp3) is 0.750. The number of aliphatic hydroxyl groups excluding tert-OH is 1. The Hall–Kier alpha value is -0.680. The summed E-state index contributed by atoms with van der Waals surface area (Å²) < 4.78 is 0. The third-order valence-corrected chi connectivity index (χ3v) is 1.83. The van der Waals surface area contributed by atoms with Crippen LogP contribution in [0, 0.1) is 12.0 Å². The highest BCUT2D eigenvalue weighted by Crippen LogP contribution is 2.06. The monoisotopic (exact) mass is 139 g/mol. The van der Waals surface area contributed by atoms with E-state index >= 15 is 0 Å². The summed E-state index contributed by atoms with van der Waals surface area (Å²) >= 11 is 0. The van der Waals surface area contributed by atoms with Gasteiger partial charge in [0, 0.05) is 13.0 Å². The Morgan fingerprint density at radius 2 is 2.00 bits per heavy atom. The van der Waals surface area contributed by atoms with Crippen LogP contribution in [0.5, 0.6) is 0 Å². The van der Waals surface area contributed by atoms with Crippen molar-refractivity contribution in [1.82, 2.24) is 4.90 Å². The summed E-state index contributed by atoms with van der Waals surface area (Å²) in [5.74, 6) is 2.64. The van der Waals surface area contributed by atoms with Gasteiger partial charge in [-0.1, -0.05) is 5.92 Å². The van der Waals surface area contributed by atoms with Crippen molar-refractivity contribution in [2.45, 2.75) is 19.3 Å². The molecule has 10 heavy (non-hydrogen) atoms. The van der Waals surface area contributed by atoms with Crippen LogP contribution < -0.4 is 0 Å². The van der Waals surface area contributed by atoms with Crippen molar-refractivity contribution < 1.29 is 5.11 Å². The number of likely N-dealkylation sites (tertiary alicyclic amines) is 1. The second-order valence-corrected chi connectivity index (χ2v) is 2.59. The Labute approximate surface area is 61.8 Å². The first-order valence-electron chi connectivity index (χ1n) is 3.78. The highest BCUT2D eigenvalue weighted by atomic mass is 16.2. The molecule has 0 unspecified atom stereocenters. The van der Waals surface area contributed by atoms with E-state index in [9.17, 15) is 0 Å². The first-order valence-corrected chi connectivity index (χ1v) is 3.78. The molecule has 0 atom stereocenters. The van der Waals surface area contributed by atoms with Crippen molar-refractivity contribution in [3.63, 3.8) is 0 Å². The lowest BCUT2D eigenvalue weighted by Gasteiger charge is -2.10. The molecule has 1 aliphatic heterocycles. The average Bonchev–Trinajstić information content (AvgIpc) is 2.41. The summed E-state index contributed by atoms with van der Waals surface area (Å²) in [5.41, 5.74) is 0. The van der Waals surface area contributed by atoms with E-state index < -0.39 is 0 Å². The lowest BCUT2D eigenvalue weighted by atomic mass is 10.4. The standard InChI is InChI=1S/C8H13NO/c10-8-4-3-7-9-5-1-2-6-9/h10H,1-3,5-7H2. The molecule has 0 radical (unpaired) electrons. The predicted molar refractivity (Wildman–Crippen MR) is 40.0 cm³/mol. The molecular formula is C8H13NO. The minimum absolute atomic E-state index is 0.802. The van der Waals surface area contributed by atoms with Crippen LogP contribution in [0.4, 0.5) is 0 Å². The van der Waals surface area contributed by atoms with E-state index in [1.165, 1.54) is 25.9 Å². The maximum absolute atomic E-state index is 8.16. The van der Waals surface area contributed by atoms with E-state index in [4.69, 9.17) is 5.11 Å². The van der Waals surface area contributed by atoms with Gasteiger partial charge >= 0.3 is 0 Å². The number of hydrogen-bond donors (Lipinski definition) is 1. The summed E-state index contributed by atoms with van der Waals surface area (Å²) in [7, 11) is 0. The zero-order valence-electron chi connectivity index (χ0n) is 6.14. The van der Waals surface area contributed by atoms with Crippen molar-refractivity contribution in [3.05, 3.63) is 0 Å². The second-order valence-electron chi connectivity index (χ2n) is 2.59. The molecule has 0 spiro atoms. The third kappa shape index (κ3) is 2.28. The van der Waals surface area contributed by atoms with Gasteiger partial charge in [-0.25, -0.2) is 0 Å². The molecule has 0 aromatic rings. The van der Waals surface area contributed by atoms with Crippen LogP contribution in [-0.4, -0.2) is 29.6 Å². The summed E-state index contributed by atoms with van der Waals surface area (Å²) in [6, 6.07) is 0. The van der Waals surface area contributed by atoms with Crippen LogP contribution in [0.2, 0.25) is 0 Å². The first kappa shape index (κ1) is 7.43. The molecule has 1 aliphatic rings. The van der Waals surface area contributed by atoms with Gasteiger partial charge in [-0.3, -0.25) is 0 Å². The molecule has 0 saturated carbocycles. The van der Waals surface area contributed by atoms with Crippen LogP contribution in [0.15, 0.2) is 0 Å². The van der Waals surface area contributed by atoms with Crippen LogP contribution >= 0.6 is 0 Å². The Morgan fingerprint density at radius 3 is 2.60 bits per heavy atom. The zero-order chi connectivity index (χ0) is 7.23. The van der Waals surface area contributed by atoms with Gasteiger partial charge in [-0.05, 0) is 25.9 Å². The lowest BCUT2D eigenvalue weighted by molar-refractivity contribution is 0.347.